The number of hydrogen-bond acceptors (Lipinski definition) is 31. The number of benzene rings is 2. The number of nitrogens with one attached hydrogen (secondary N) is 3. The Kier molecular flexibility index (Phi) is 57.9. The number of likely N-dealkylation sites (N-methyl/N-ethyl adjacent to an activating group) is 2. The standard InChI is InChI=1S/C90H151N7O31/c1-14-62(6)79(74(113-12)58-77(102)97-31-20-24-70(97)84(114-13)64(8)71(98)55-63(7)80(103)66-21-16-15-17-22-66)95(9)87(108)67(60(2)3)57-72(99)78(61(4)5)96(10)90(111)126-59-65-25-26-73(127-89-83(106)81(104)82(105)85(128-89)88(109)110)69(56-65)94-76(101)27-30-93-86(107)68(91)23-18-19-29-92-75(100)28-32-115-35-36-117-39-40-119-43-44-121-47-48-123-51-52-125-54-53-124-50-49-122-46-45-120-42-41-118-38-37-116-34-33-112-11/h15-17,21-22,25-26,56,60-64,67-68,70,74,78-85,89,103-106H,14,18-20,23-24,27-55,57-59,91H2,1-13H3,(H,92,100)(H,93,107)(H,94,101)(H,109,110)/t62-,63-,64-,67-,68-,70-,74+,78-,79-,80+,81-,82-,83+,84+,85-,89+/m0/s1. The first-order valence-corrected chi connectivity index (χ1v) is 44.9. The van der Waals surface area contributed by atoms with E-state index < -0.39 is 127 Å². The number of carbonyl (C=O) groups excluding carboxylic acids is 8. The second kappa shape index (κ2) is 65.4. The van der Waals surface area contributed by atoms with Crippen LogP contribution >= 0.6 is 0 Å². The average Bonchev–Trinajstić information content (AvgIpc) is 1.27. The lowest BCUT2D eigenvalue weighted by atomic mass is 9.83. The molecule has 0 aliphatic carbocycles. The van der Waals surface area contributed by atoms with Gasteiger partial charge < -0.3 is 142 Å². The zero-order chi connectivity index (χ0) is 94.3. The fourth-order valence-corrected chi connectivity index (χ4v) is 14.9. The SMILES string of the molecule is CC[C@H](C)[C@@H]([C@@H](CC(=O)N1CCC[C@H]1[C@H](OC)[C@@H](C)C(=O)C[C@H](C)[C@@H](O)c1ccccc1)OC)N(C)C(=O)[C@@H](CC(=O)[C@H](C(C)C)N(C)C(=O)OCc1ccc(O[C@@H]2O[C@H](C(=O)O)[C@@H](O)[C@H](O)[C@H]2O)c(NC(=O)CCNC(=O)[C@@H](N)CCCCNC(=O)CCOCCOCCOCCOCCOCCOCCOCCOCCOCCOCCOCCOC)c1)C(C)C. The van der Waals surface area contributed by atoms with E-state index in [1.807, 2.05) is 65.0 Å². The summed E-state index contributed by atoms with van der Waals surface area (Å²) in [5.74, 6) is -7.43. The van der Waals surface area contributed by atoms with Gasteiger partial charge >= 0.3 is 12.1 Å². The number of aliphatic hydroxyl groups excluding tert-OH is 4. The number of anilines is 1. The molecule has 2 aliphatic rings. The summed E-state index contributed by atoms with van der Waals surface area (Å²) >= 11 is 0. The summed E-state index contributed by atoms with van der Waals surface area (Å²) in [6.07, 6.45) is -10.6. The molecule has 128 heavy (non-hydrogen) atoms. The molecule has 2 aromatic carbocycles. The number of aliphatic hydroxyl groups is 4. The van der Waals surface area contributed by atoms with Crippen molar-refractivity contribution in [2.24, 2.45) is 41.2 Å². The molecule has 0 aromatic heterocycles. The Bertz CT molecular complexity index is 3450. The number of amides is 6. The molecular formula is C90H151N7O31. The molecule has 16 atom stereocenters. The topological polar surface area (TPSA) is 484 Å². The van der Waals surface area contributed by atoms with Crippen molar-refractivity contribution in [1.29, 1.82) is 0 Å². The lowest BCUT2D eigenvalue weighted by Gasteiger charge is -2.41. The quantitative estimate of drug-likeness (QED) is 0.0417. The van der Waals surface area contributed by atoms with Crippen LogP contribution < -0.4 is 26.4 Å². The first kappa shape index (κ1) is 113. The largest absolute Gasteiger partial charge is 0.479 e. The Hall–Kier alpha value is -7.13. The van der Waals surface area contributed by atoms with E-state index in [1.165, 1.54) is 39.5 Å². The van der Waals surface area contributed by atoms with Gasteiger partial charge in [0, 0.05) is 92.6 Å². The molecule has 0 saturated carbocycles. The zero-order valence-electron chi connectivity index (χ0n) is 77.7. The number of likely N-dealkylation sites (tertiary alicyclic amines) is 1. The third-order valence-electron chi connectivity index (χ3n) is 22.4. The molecule has 6 amide bonds. The molecule has 0 bridgehead atoms. The van der Waals surface area contributed by atoms with Crippen LogP contribution in [-0.2, 0) is 121 Å². The molecule has 2 fully saturated rings. The molecule has 0 radical (unpaired) electrons. The highest BCUT2D eigenvalue weighted by Crippen LogP contribution is 2.35. The van der Waals surface area contributed by atoms with Gasteiger partial charge in [0.25, 0.3) is 0 Å². The lowest BCUT2D eigenvalue weighted by molar-refractivity contribution is -0.271. The number of methoxy groups -OCH3 is 3. The summed E-state index contributed by atoms with van der Waals surface area (Å²) in [5, 5.41) is 60.7. The van der Waals surface area contributed by atoms with Gasteiger partial charge in [-0.2, -0.15) is 0 Å². The number of Topliss-reactive ketones (excluding diaryl/α,β-unsaturated/α-hetero) is 2. The van der Waals surface area contributed by atoms with Crippen molar-refractivity contribution in [3.05, 3.63) is 59.7 Å². The molecule has 2 saturated heterocycles. The van der Waals surface area contributed by atoms with Crippen molar-refractivity contribution in [3.8, 4) is 5.75 Å². The number of nitrogens with two attached hydrogens (primary N) is 1. The summed E-state index contributed by atoms with van der Waals surface area (Å²) in [6, 6.07) is 10.1. The third-order valence-corrected chi connectivity index (χ3v) is 22.4. The van der Waals surface area contributed by atoms with Crippen LogP contribution in [0.2, 0.25) is 0 Å². The summed E-state index contributed by atoms with van der Waals surface area (Å²) < 4.78 is 94.4. The van der Waals surface area contributed by atoms with E-state index in [0.717, 1.165) is 4.90 Å². The first-order valence-electron chi connectivity index (χ1n) is 44.9. The van der Waals surface area contributed by atoms with E-state index in [4.69, 9.17) is 86.3 Å². The van der Waals surface area contributed by atoms with Crippen LogP contribution in [0.3, 0.4) is 0 Å². The molecule has 2 aliphatic heterocycles. The number of ketones is 2. The van der Waals surface area contributed by atoms with Crippen molar-refractivity contribution in [2.45, 2.75) is 206 Å². The van der Waals surface area contributed by atoms with Gasteiger partial charge in [-0.15, -0.1) is 0 Å². The normalized spacial score (nSPS) is 18.8. The van der Waals surface area contributed by atoms with Crippen LogP contribution in [0.1, 0.15) is 143 Å². The molecule has 2 aromatic rings. The van der Waals surface area contributed by atoms with Crippen molar-refractivity contribution < 1.29 is 149 Å². The maximum atomic E-state index is 15.0. The zero-order valence-corrected chi connectivity index (χ0v) is 77.7. The molecule has 0 spiro atoms. The van der Waals surface area contributed by atoms with E-state index in [0.29, 0.717) is 190 Å². The van der Waals surface area contributed by atoms with Crippen LogP contribution in [0.25, 0.3) is 0 Å². The maximum Gasteiger partial charge on any atom is 0.410 e. The monoisotopic (exact) mass is 1830 g/mol. The maximum absolute atomic E-state index is 15.0. The highest BCUT2D eigenvalue weighted by Gasteiger charge is 2.49. The van der Waals surface area contributed by atoms with Gasteiger partial charge in [0.05, 0.1) is 207 Å². The fourth-order valence-electron chi connectivity index (χ4n) is 14.9. The summed E-state index contributed by atoms with van der Waals surface area (Å²) in [5.41, 5.74) is 7.02. The predicted molar refractivity (Wildman–Crippen MR) is 469 cm³/mol. The van der Waals surface area contributed by atoms with E-state index in [2.05, 4.69) is 16.0 Å². The Morgan fingerprint density at radius 2 is 1.11 bits per heavy atom. The van der Waals surface area contributed by atoms with Gasteiger partial charge in [-0.3, -0.25) is 33.6 Å². The van der Waals surface area contributed by atoms with Crippen LogP contribution in [0.5, 0.6) is 5.75 Å². The lowest BCUT2D eigenvalue weighted by Crippen LogP contribution is -2.61. The summed E-state index contributed by atoms with van der Waals surface area (Å²) in [6.45, 7) is 24.7. The number of ether oxygens (including phenoxy) is 17. The minimum atomic E-state index is -2.04. The number of carbonyl (C=O) groups is 9. The van der Waals surface area contributed by atoms with Gasteiger partial charge in [-0.1, -0.05) is 98.2 Å². The minimum absolute atomic E-state index is 0.0949. The number of nitrogens with zero attached hydrogens (tertiary/aromatic N) is 3. The second-order valence-corrected chi connectivity index (χ2v) is 32.7. The van der Waals surface area contributed by atoms with Crippen molar-refractivity contribution in [1.82, 2.24) is 25.3 Å². The van der Waals surface area contributed by atoms with Gasteiger partial charge in [0.15, 0.2) is 11.9 Å². The molecule has 4 rings (SSSR count). The second-order valence-electron chi connectivity index (χ2n) is 32.7. The predicted octanol–water partition coefficient (Wildman–Crippen LogP) is 4.31. The fraction of sp³-hybridized carbons (Fsp3) is 0.767. The van der Waals surface area contributed by atoms with Crippen LogP contribution in [-0.4, -0.2) is 367 Å². The molecular weight excluding hydrogens is 1680 g/mol. The average molecular weight is 1830 g/mol. The summed E-state index contributed by atoms with van der Waals surface area (Å²) in [4.78, 5) is 128. The Morgan fingerprint density at radius 3 is 1.60 bits per heavy atom. The molecule has 0 unspecified atom stereocenters. The number of carboxylic acid groups (broad SMARTS) is 1. The molecule has 732 valence electrons. The number of aliphatic carboxylic acids is 1. The Balaban J connectivity index is 1.17. The first-order chi connectivity index (χ1) is 61.4. The number of rotatable bonds is 73. The summed E-state index contributed by atoms with van der Waals surface area (Å²) in [7, 11) is 7.69. The van der Waals surface area contributed by atoms with Crippen LogP contribution in [0.15, 0.2) is 48.5 Å². The highest BCUT2D eigenvalue weighted by molar-refractivity contribution is 5.94. The van der Waals surface area contributed by atoms with E-state index in [-0.39, 0.29) is 117 Å². The molecule has 38 nitrogen and oxygen atoms in total. The molecule has 2 heterocycles. The smallest absolute Gasteiger partial charge is 0.410 e. The molecule has 10 N–H and O–H groups in total. The Labute approximate surface area is 755 Å². The van der Waals surface area contributed by atoms with E-state index in [1.54, 1.807) is 44.7 Å². The van der Waals surface area contributed by atoms with Gasteiger partial charge in [-0.05, 0) is 79.0 Å². The van der Waals surface area contributed by atoms with Gasteiger partial charge in [0.1, 0.15) is 36.5 Å². The minimum Gasteiger partial charge on any atom is -0.479 e. The van der Waals surface area contributed by atoms with Crippen molar-refractivity contribution >= 4 is 58.9 Å². The van der Waals surface area contributed by atoms with Crippen molar-refractivity contribution in [3.63, 3.8) is 0 Å². The van der Waals surface area contributed by atoms with Gasteiger partial charge in [0.2, 0.25) is 35.8 Å². The van der Waals surface area contributed by atoms with E-state index in [9.17, 15) is 63.9 Å². The van der Waals surface area contributed by atoms with Gasteiger partial charge in [-0.25, -0.2) is 9.59 Å². The number of unbranched alkanes of at least 4 members (excludes halogenated alkanes) is 1. The van der Waals surface area contributed by atoms with Crippen LogP contribution in [0, 0.1) is 35.5 Å². The Morgan fingerprint density at radius 1 is 0.578 bits per heavy atom. The van der Waals surface area contributed by atoms with E-state index >= 15 is 4.79 Å². The highest BCUT2D eigenvalue weighted by atomic mass is 16.7. The molecule has 38 heteroatoms. The van der Waals surface area contributed by atoms with Crippen molar-refractivity contribution in [2.75, 3.05) is 212 Å². The third kappa shape index (κ3) is 42.2. The number of carboxylic acids is 1. The van der Waals surface area contributed by atoms with Crippen LogP contribution in [0.4, 0.5) is 10.5 Å². The number of hydrogen-bond donors (Lipinski definition) is 9.